The molecule has 2 aliphatic rings. The predicted molar refractivity (Wildman–Crippen MR) is 290 cm³/mol. The molecule has 2 aliphatic carbocycles. The van der Waals surface area contributed by atoms with Crippen molar-refractivity contribution >= 4 is 71.2 Å². The summed E-state index contributed by atoms with van der Waals surface area (Å²) >= 11 is 0. The second-order valence-electron chi connectivity index (χ2n) is 18.7. The van der Waals surface area contributed by atoms with Gasteiger partial charge >= 0.3 is 0 Å². The lowest BCUT2D eigenvalue weighted by atomic mass is 9.70. The fourth-order valence-electron chi connectivity index (χ4n) is 12.6. The molecule has 2 heteroatoms. The van der Waals surface area contributed by atoms with Crippen LogP contribution in [0.3, 0.4) is 0 Å². The van der Waals surface area contributed by atoms with Gasteiger partial charge in [-0.2, -0.15) is 0 Å². The maximum absolute atomic E-state index is 2.54. The number of nitrogens with zero attached hydrogens (tertiary/aromatic N) is 2. The molecule has 1 heterocycles. The first-order chi connectivity index (χ1) is 34.3. The van der Waals surface area contributed by atoms with Gasteiger partial charge in [-0.15, -0.1) is 0 Å². The standard InChI is InChI=1S/C67H42N2/c1-2-17-45(18-3-1)69-63-31-15-11-26-56(63)57-39-35-44(41-65(57)69)43-33-36-46(37-34-43)68(47-38-40-52-50-21-5-4-19-48(50)49-20-6-7-22-51(49)59(52)42-47)64-32-16-27-58-55-25-10-14-30-62(55)67(66(58)64)60-28-12-8-23-53(60)54-24-9-13-29-61(54)67/h1-42H. The Balaban J connectivity index is 0.983. The van der Waals surface area contributed by atoms with E-state index in [9.17, 15) is 0 Å². The molecule has 15 rings (SSSR count). The molecule has 69 heavy (non-hydrogen) atoms. The van der Waals surface area contributed by atoms with Gasteiger partial charge in [-0.1, -0.05) is 200 Å². The van der Waals surface area contributed by atoms with E-state index in [1.807, 2.05) is 0 Å². The normalized spacial score (nSPS) is 13.0. The van der Waals surface area contributed by atoms with Crippen LogP contribution in [0.25, 0.3) is 93.2 Å². The Morgan fingerprint density at radius 2 is 0.754 bits per heavy atom. The van der Waals surface area contributed by atoms with E-state index in [1.54, 1.807) is 0 Å². The molecule has 13 aromatic rings. The number of fused-ring (bicyclic) bond motifs is 19. The Bertz CT molecular complexity index is 4150. The predicted octanol–water partition coefficient (Wildman–Crippen LogP) is 17.7. The lowest BCUT2D eigenvalue weighted by Crippen LogP contribution is -2.28. The van der Waals surface area contributed by atoms with E-state index in [-0.39, 0.29) is 0 Å². The zero-order chi connectivity index (χ0) is 45.2. The molecule has 0 bridgehead atoms. The van der Waals surface area contributed by atoms with Crippen molar-refractivity contribution < 1.29 is 0 Å². The van der Waals surface area contributed by atoms with Gasteiger partial charge in [0.1, 0.15) is 0 Å². The summed E-state index contributed by atoms with van der Waals surface area (Å²) in [6.07, 6.45) is 0. The van der Waals surface area contributed by atoms with Gasteiger partial charge in [0.15, 0.2) is 0 Å². The molecular formula is C67H42N2. The quantitative estimate of drug-likeness (QED) is 0.156. The highest BCUT2D eigenvalue weighted by atomic mass is 15.1. The topological polar surface area (TPSA) is 8.17 Å². The molecule has 0 unspecified atom stereocenters. The first kappa shape index (κ1) is 38.2. The lowest BCUT2D eigenvalue weighted by molar-refractivity contribution is 0.793. The summed E-state index contributed by atoms with van der Waals surface area (Å²) in [6, 6.07) is 95.0. The van der Waals surface area contributed by atoms with Crippen LogP contribution in [-0.2, 0) is 5.41 Å². The van der Waals surface area contributed by atoms with Crippen LogP contribution in [0.4, 0.5) is 17.1 Å². The van der Waals surface area contributed by atoms with Gasteiger partial charge in [0.2, 0.25) is 0 Å². The fraction of sp³-hybridized carbons (Fsp3) is 0.0149. The van der Waals surface area contributed by atoms with E-state index in [0.29, 0.717) is 0 Å². The molecule has 0 atom stereocenters. The largest absolute Gasteiger partial charge is 0.310 e. The molecule has 0 radical (unpaired) electrons. The van der Waals surface area contributed by atoms with Crippen molar-refractivity contribution in [1.29, 1.82) is 0 Å². The van der Waals surface area contributed by atoms with E-state index < -0.39 is 5.41 Å². The highest BCUT2D eigenvalue weighted by molar-refractivity contribution is 6.26. The van der Waals surface area contributed by atoms with E-state index in [1.165, 1.54) is 115 Å². The number of benzene rings is 12. The summed E-state index contributed by atoms with van der Waals surface area (Å²) in [6.45, 7) is 0. The molecule has 0 N–H and O–H groups in total. The summed E-state index contributed by atoms with van der Waals surface area (Å²) in [5.41, 5.74) is 19.2. The summed E-state index contributed by atoms with van der Waals surface area (Å²) < 4.78 is 2.40. The monoisotopic (exact) mass is 874 g/mol. The van der Waals surface area contributed by atoms with Crippen molar-refractivity contribution in [3.8, 4) is 39.1 Å². The van der Waals surface area contributed by atoms with Gasteiger partial charge in [0.25, 0.3) is 0 Å². The highest BCUT2D eigenvalue weighted by Gasteiger charge is 2.53. The first-order valence-corrected chi connectivity index (χ1v) is 24.0. The SMILES string of the molecule is c1ccc(-n2c3ccccc3c3ccc(-c4ccc(N(c5ccc6c7ccccc7c7ccccc7c6c5)c5cccc6c5C5(c7ccccc7-c7ccccc75)c5ccccc5-6)cc4)cc32)cc1. The van der Waals surface area contributed by atoms with E-state index >= 15 is 0 Å². The van der Waals surface area contributed by atoms with E-state index in [0.717, 1.165) is 17.1 Å². The van der Waals surface area contributed by atoms with Crippen molar-refractivity contribution in [3.05, 3.63) is 277 Å². The molecule has 0 amide bonds. The number of para-hydroxylation sites is 2. The van der Waals surface area contributed by atoms with Crippen LogP contribution < -0.4 is 4.90 Å². The molecule has 320 valence electrons. The third-order valence-electron chi connectivity index (χ3n) is 15.4. The smallest absolute Gasteiger partial charge is 0.0746 e. The van der Waals surface area contributed by atoms with Gasteiger partial charge in [0, 0.05) is 33.4 Å². The minimum Gasteiger partial charge on any atom is -0.310 e. The van der Waals surface area contributed by atoms with E-state index in [2.05, 4.69) is 264 Å². The van der Waals surface area contributed by atoms with Crippen molar-refractivity contribution in [2.75, 3.05) is 4.90 Å². The Labute approximate surface area is 400 Å². The average molecular weight is 875 g/mol. The maximum Gasteiger partial charge on any atom is 0.0746 e. The Morgan fingerprint density at radius 3 is 1.41 bits per heavy atom. The minimum atomic E-state index is -0.528. The second-order valence-corrected chi connectivity index (χ2v) is 18.7. The van der Waals surface area contributed by atoms with Crippen LogP contribution in [0, 0.1) is 0 Å². The summed E-state index contributed by atoms with van der Waals surface area (Å²) in [5.74, 6) is 0. The van der Waals surface area contributed by atoms with E-state index in [4.69, 9.17) is 0 Å². The van der Waals surface area contributed by atoms with Gasteiger partial charge in [0.05, 0.1) is 22.1 Å². The number of rotatable bonds is 5. The molecule has 0 fully saturated rings. The third kappa shape index (κ3) is 5.26. The lowest BCUT2D eigenvalue weighted by Gasteiger charge is -2.36. The molecule has 0 saturated carbocycles. The van der Waals surface area contributed by atoms with Gasteiger partial charge in [-0.05, 0) is 137 Å². The van der Waals surface area contributed by atoms with Crippen molar-refractivity contribution in [3.63, 3.8) is 0 Å². The zero-order valence-corrected chi connectivity index (χ0v) is 37.6. The molecule has 1 aromatic heterocycles. The van der Waals surface area contributed by atoms with Crippen LogP contribution >= 0.6 is 0 Å². The Kier molecular flexibility index (Phi) is 8.02. The van der Waals surface area contributed by atoms with Crippen LogP contribution in [0.2, 0.25) is 0 Å². The van der Waals surface area contributed by atoms with Crippen LogP contribution in [0.1, 0.15) is 22.3 Å². The molecule has 0 saturated heterocycles. The maximum atomic E-state index is 2.54. The molecule has 1 spiro atoms. The van der Waals surface area contributed by atoms with Crippen LogP contribution in [-0.4, -0.2) is 4.57 Å². The number of anilines is 3. The van der Waals surface area contributed by atoms with Gasteiger partial charge < -0.3 is 9.47 Å². The highest BCUT2D eigenvalue weighted by Crippen LogP contribution is 2.65. The molecule has 12 aromatic carbocycles. The number of aromatic nitrogens is 1. The number of hydrogen-bond donors (Lipinski definition) is 0. The summed E-state index contributed by atoms with van der Waals surface area (Å²) in [5, 5.41) is 10.1. The zero-order valence-electron chi connectivity index (χ0n) is 37.6. The van der Waals surface area contributed by atoms with Crippen molar-refractivity contribution in [1.82, 2.24) is 4.57 Å². The second kappa shape index (κ2) is 14.5. The average Bonchev–Trinajstić information content (AvgIpc) is 4.03. The Hall–Kier alpha value is -8.98. The first-order valence-electron chi connectivity index (χ1n) is 24.0. The number of hydrogen-bond acceptors (Lipinski definition) is 1. The molecule has 2 nitrogen and oxygen atoms in total. The van der Waals surface area contributed by atoms with Gasteiger partial charge in [-0.25, -0.2) is 0 Å². The van der Waals surface area contributed by atoms with Crippen LogP contribution in [0.15, 0.2) is 255 Å². The van der Waals surface area contributed by atoms with Crippen LogP contribution in [0.5, 0.6) is 0 Å². The van der Waals surface area contributed by atoms with Crippen molar-refractivity contribution in [2.24, 2.45) is 0 Å². The Morgan fingerprint density at radius 1 is 0.290 bits per heavy atom. The van der Waals surface area contributed by atoms with Crippen molar-refractivity contribution in [2.45, 2.75) is 5.41 Å². The summed E-state index contributed by atoms with van der Waals surface area (Å²) in [4.78, 5) is 2.54. The minimum absolute atomic E-state index is 0.528. The van der Waals surface area contributed by atoms with Gasteiger partial charge in [-0.3, -0.25) is 0 Å². The fourth-order valence-corrected chi connectivity index (χ4v) is 12.6. The molecule has 0 aliphatic heterocycles. The summed E-state index contributed by atoms with van der Waals surface area (Å²) in [7, 11) is 0. The third-order valence-corrected chi connectivity index (χ3v) is 15.4. The molecular weight excluding hydrogens is 833 g/mol.